The lowest BCUT2D eigenvalue weighted by Crippen LogP contribution is -2.47. The Morgan fingerprint density at radius 1 is 0.919 bits per heavy atom. The zero-order valence-corrected chi connectivity index (χ0v) is 21.3. The van der Waals surface area contributed by atoms with E-state index in [1.807, 2.05) is 11.0 Å². The summed E-state index contributed by atoms with van der Waals surface area (Å²) in [5.74, 6) is 0.686. The van der Waals surface area contributed by atoms with Crippen molar-refractivity contribution in [3.05, 3.63) is 59.0 Å². The number of hydrogen-bond donors (Lipinski definition) is 0. The second-order valence-electron chi connectivity index (χ2n) is 9.57. The highest BCUT2D eigenvalue weighted by Crippen LogP contribution is 2.36. The number of aromatic nitrogens is 3. The first kappa shape index (κ1) is 25.5. The summed E-state index contributed by atoms with van der Waals surface area (Å²) in [5.41, 5.74) is 0.540. The Morgan fingerprint density at radius 2 is 1.59 bits per heavy atom. The number of piperazine rings is 1. The molecule has 2 saturated heterocycles. The molecule has 0 saturated carbocycles. The normalized spacial score (nSPS) is 20.6. The molecular formula is C26H27ClF4N6. The zero-order valence-electron chi connectivity index (χ0n) is 20.5. The van der Waals surface area contributed by atoms with Crippen LogP contribution in [0.4, 0.5) is 35.1 Å². The van der Waals surface area contributed by atoms with Crippen LogP contribution in [-0.4, -0.2) is 53.2 Å². The highest BCUT2D eigenvalue weighted by Gasteiger charge is 2.36. The number of benzene rings is 1. The first-order valence-electron chi connectivity index (χ1n) is 12.3. The van der Waals surface area contributed by atoms with Crippen molar-refractivity contribution in [3.63, 3.8) is 0 Å². The average molecular weight is 535 g/mol. The number of hydrogen-bond acceptors (Lipinski definition) is 6. The average Bonchev–Trinajstić information content (AvgIpc) is 3.22. The molecule has 6 nitrogen and oxygen atoms in total. The van der Waals surface area contributed by atoms with Crippen molar-refractivity contribution in [2.75, 3.05) is 40.9 Å². The molecule has 1 aromatic carbocycles. The van der Waals surface area contributed by atoms with Crippen LogP contribution < -0.4 is 14.7 Å². The standard InChI is InChI=1S/C26H27ClF4N6/c1-16-5-6-17(2)37(16)25-33-22(18-7-8-21(28)20(27)14-18)15-23(34-25)35-10-12-36(13-11-35)24-19(26(29,30)31)4-3-9-32-24/h3-4,7-9,14-17H,5-6,10-13H2,1-2H3. The fourth-order valence-corrected chi connectivity index (χ4v) is 5.29. The molecule has 0 amide bonds. The Kier molecular flexibility index (Phi) is 6.87. The van der Waals surface area contributed by atoms with Gasteiger partial charge >= 0.3 is 6.18 Å². The minimum Gasteiger partial charge on any atom is -0.353 e. The minimum absolute atomic E-state index is 0.00608. The number of rotatable bonds is 4. The van der Waals surface area contributed by atoms with E-state index in [-0.39, 0.29) is 22.9 Å². The summed E-state index contributed by atoms with van der Waals surface area (Å²) >= 11 is 6.05. The van der Waals surface area contributed by atoms with Crippen LogP contribution in [0.3, 0.4) is 0 Å². The molecule has 2 aliphatic rings. The van der Waals surface area contributed by atoms with Gasteiger partial charge in [0.2, 0.25) is 5.95 Å². The summed E-state index contributed by atoms with van der Waals surface area (Å²) in [4.78, 5) is 19.6. The Hall–Kier alpha value is -3.14. The van der Waals surface area contributed by atoms with Gasteiger partial charge in [0.25, 0.3) is 0 Å². The van der Waals surface area contributed by atoms with E-state index in [4.69, 9.17) is 21.6 Å². The molecule has 0 N–H and O–H groups in total. The van der Waals surface area contributed by atoms with Gasteiger partial charge in [-0.15, -0.1) is 0 Å². The maximum absolute atomic E-state index is 13.8. The molecule has 4 heterocycles. The Bertz CT molecular complexity index is 1270. The maximum atomic E-state index is 13.8. The van der Waals surface area contributed by atoms with Crippen LogP contribution in [0.5, 0.6) is 0 Å². The van der Waals surface area contributed by atoms with Crippen LogP contribution in [0.1, 0.15) is 32.3 Å². The van der Waals surface area contributed by atoms with E-state index in [1.165, 1.54) is 18.3 Å². The van der Waals surface area contributed by atoms with E-state index >= 15 is 0 Å². The van der Waals surface area contributed by atoms with Crippen molar-refractivity contribution in [2.24, 2.45) is 0 Å². The van der Waals surface area contributed by atoms with Crippen LogP contribution >= 0.6 is 11.6 Å². The third-order valence-corrected chi connectivity index (χ3v) is 7.38. The third kappa shape index (κ3) is 5.16. The summed E-state index contributed by atoms with van der Waals surface area (Å²) in [7, 11) is 0. The second-order valence-corrected chi connectivity index (χ2v) is 9.98. The Labute approximate surface area is 217 Å². The van der Waals surface area contributed by atoms with Gasteiger partial charge < -0.3 is 14.7 Å². The van der Waals surface area contributed by atoms with Gasteiger partial charge in [-0.05, 0) is 57.0 Å². The minimum atomic E-state index is -4.48. The van der Waals surface area contributed by atoms with E-state index in [0.29, 0.717) is 49.2 Å². The van der Waals surface area contributed by atoms with Crippen LogP contribution in [0.2, 0.25) is 5.02 Å². The Morgan fingerprint density at radius 3 is 2.24 bits per heavy atom. The van der Waals surface area contributed by atoms with Crippen molar-refractivity contribution < 1.29 is 17.6 Å². The molecule has 2 atom stereocenters. The summed E-state index contributed by atoms with van der Waals surface area (Å²) < 4.78 is 54.4. The summed E-state index contributed by atoms with van der Waals surface area (Å²) in [5, 5.41) is 0.00608. The fourth-order valence-electron chi connectivity index (χ4n) is 5.11. The highest BCUT2D eigenvalue weighted by atomic mass is 35.5. The van der Waals surface area contributed by atoms with Gasteiger partial charge in [0, 0.05) is 56.1 Å². The van der Waals surface area contributed by atoms with Gasteiger partial charge in [0.1, 0.15) is 17.5 Å². The highest BCUT2D eigenvalue weighted by molar-refractivity contribution is 6.31. The van der Waals surface area contributed by atoms with Crippen molar-refractivity contribution in [1.82, 2.24) is 15.0 Å². The molecule has 2 aromatic heterocycles. The monoisotopic (exact) mass is 534 g/mol. The van der Waals surface area contributed by atoms with Crippen molar-refractivity contribution in [2.45, 2.75) is 44.9 Å². The van der Waals surface area contributed by atoms with E-state index < -0.39 is 17.6 Å². The molecule has 11 heteroatoms. The smallest absolute Gasteiger partial charge is 0.353 e. The molecule has 3 aromatic rings. The second kappa shape index (κ2) is 9.96. The van der Waals surface area contributed by atoms with Gasteiger partial charge in [-0.3, -0.25) is 0 Å². The van der Waals surface area contributed by atoms with Crippen molar-refractivity contribution in [1.29, 1.82) is 0 Å². The third-order valence-electron chi connectivity index (χ3n) is 7.09. The summed E-state index contributed by atoms with van der Waals surface area (Å²) in [6.07, 6.45) is -1.05. The van der Waals surface area contributed by atoms with Crippen LogP contribution in [0, 0.1) is 5.82 Å². The topological polar surface area (TPSA) is 48.4 Å². The molecule has 37 heavy (non-hydrogen) atoms. The molecular weight excluding hydrogens is 508 g/mol. The number of anilines is 3. The Balaban J connectivity index is 1.46. The maximum Gasteiger partial charge on any atom is 0.419 e. The molecule has 5 rings (SSSR count). The lowest BCUT2D eigenvalue weighted by atomic mass is 10.1. The van der Waals surface area contributed by atoms with E-state index in [9.17, 15) is 17.6 Å². The van der Waals surface area contributed by atoms with Gasteiger partial charge in [-0.1, -0.05) is 11.6 Å². The van der Waals surface area contributed by atoms with Crippen molar-refractivity contribution >= 4 is 29.2 Å². The first-order valence-corrected chi connectivity index (χ1v) is 12.6. The molecule has 0 radical (unpaired) electrons. The quantitative estimate of drug-likeness (QED) is 0.380. The first-order chi connectivity index (χ1) is 17.6. The number of alkyl halides is 3. The van der Waals surface area contributed by atoms with E-state index in [2.05, 4.69) is 23.7 Å². The number of halogens is 5. The molecule has 196 valence electrons. The number of pyridine rings is 1. The molecule has 0 aliphatic carbocycles. The predicted molar refractivity (Wildman–Crippen MR) is 137 cm³/mol. The number of nitrogens with zero attached hydrogens (tertiary/aromatic N) is 6. The molecule has 2 unspecified atom stereocenters. The van der Waals surface area contributed by atoms with Crippen LogP contribution in [0.15, 0.2) is 42.6 Å². The van der Waals surface area contributed by atoms with E-state index in [1.54, 1.807) is 17.0 Å². The zero-order chi connectivity index (χ0) is 26.3. The lowest BCUT2D eigenvalue weighted by molar-refractivity contribution is -0.137. The van der Waals surface area contributed by atoms with Crippen molar-refractivity contribution in [3.8, 4) is 11.3 Å². The van der Waals surface area contributed by atoms with Gasteiger partial charge in [-0.25, -0.2) is 14.4 Å². The van der Waals surface area contributed by atoms with Gasteiger partial charge in [0.05, 0.1) is 16.3 Å². The SMILES string of the molecule is CC1CCC(C)N1c1nc(-c2ccc(F)c(Cl)c2)cc(N2CCN(c3ncccc3C(F)(F)F)CC2)n1. The largest absolute Gasteiger partial charge is 0.419 e. The molecule has 2 fully saturated rings. The molecule has 0 bridgehead atoms. The molecule has 0 spiro atoms. The van der Waals surface area contributed by atoms with Crippen LogP contribution in [-0.2, 0) is 6.18 Å². The summed E-state index contributed by atoms with van der Waals surface area (Å²) in [6, 6.07) is 9.19. The van der Waals surface area contributed by atoms with Crippen LogP contribution in [0.25, 0.3) is 11.3 Å². The summed E-state index contributed by atoms with van der Waals surface area (Å²) in [6.45, 7) is 5.90. The lowest BCUT2D eigenvalue weighted by Gasteiger charge is -2.37. The van der Waals surface area contributed by atoms with E-state index in [0.717, 1.165) is 18.9 Å². The van der Waals surface area contributed by atoms with Gasteiger partial charge in [0.15, 0.2) is 0 Å². The fraction of sp³-hybridized carbons (Fsp3) is 0.423. The predicted octanol–water partition coefficient (Wildman–Crippen LogP) is 6.05. The molecule has 2 aliphatic heterocycles. The van der Waals surface area contributed by atoms with Gasteiger partial charge in [-0.2, -0.15) is 18.2 Å².